The number of pyridine rings is 1. The Morgan fingerprint density at radius 3 is 2.68 bits per heavy atom. The third-order valence-corrected chi connectivity index (χ3v) is 5.75. The molecule has 1 saturated heterocycles. The molecule has 1 amide bonds. The van der Waals surface area contributed by atoms with Crippen LogP contribution in [0.2, 0.25) is 10.0 Å². The second kappa shape index (κ2) is 7.95. The maximum absolute atomic E-state index is 12.3. The van der Waals surface area contributed by atoms with E-state index in [1.165, 1.54) is 11.8 Å². The Kier molecular flexibility index (Phi) is 5.40. The van der Waals surface area contributed by atoms with E-state index in [9.17, 15) is 4.79 Å². The topological polar surface area (TPSA) is 54.4 Å². The summed E-state index contributed by atoms with van der Waals surface area (Å²) in [6.45, 7) is 2.08. The second-order valence-corrected chi connectivity index (χ2v) is 8.01. The summed E-state index contributed by atoms with van der Waals surface area (Å²) in [7, 11) is 0. The lowest BCUT2D eigenvalue weighted by Gasteiger charge is -2.02. The minimum Gasteiger partial charge on any atom is -0.300 e. The van der Waals surface area contributed by atoms with Gasteiger partial charge < -0.3 is 5.32 Å². The lowest BCUT2D eigenvalue weighted by atomic mass is 10.1. The van der Waals surface area contributed by atoms with E-state index in [0.717, 1.165) is 28.6 Å². The molecule has 28 heavy (non-hydrogen) atoms. The highest BCUT2D eigenvalue weighted by Crippen LogP contribution is 2.35. The van der Waals surface area contributed by atoms with E-state index in [4.69, 9.17) is 23.2 Å². The highest BCUT2D eigenvalue weighted by atomic mass is 35.5. The van der Waals surface area contributed by atoms with Crippen LogP contribution in [0.1, 0.15) is 18.2 Å². The van der Waals surface area contributed by atoms with Gasteiger partial charge in [-0.25, -0.2) is 4.99 Å². The average Bonchev–Trinajstić information content (AvgIpc) is 3.03. The predicted molar refractivity (Wildman–Crippen MR) is 118 cm³/mol. The number of thioether (sulfide) groups is 1. The quantitative estimate of drug-likeness (QED) is 0.521. The van der Waals surface area contributed by atoms with Crippen molar-refractivity contribution in [2.75, 3.05) is 0 Å². The van der Waals surface area contributed by atoms with Crippen LogP contribution < -0.4 is 5.32 Å². The van der Waals surface area contributed by atoms with Crippen molar-refractivity contribution < 1.29 is 4.79 Å². The minimum atomic E-state index is -0.202. The number of nitrogens with zero attached hydrogens (tertiary/aromatic N) is 2. The Bertz CT molecular complexity index is 1140. The predicted octanol–water partition coefficient (Wildman–Crippen LogP) is 6.00. The molecule has 0 radical (unpaired) electrons. The van der Waals surface area contributed by atoms with Gasteiger partial charge in [-0.3, -0.25) is 9.78 Å². The number of amides is 1. The SMILES string of the molecule is CCc1ccc2cc(/C=C3/SC(=Nc4c(Cl)cccc4Cl)NC3=O)ccc2n1. The van der Waals surface area contributed by atoms with E-state index in [0.29, 0.717) is 25.8 Å². The molecule has 1 aliphatic heterocycles. The summed E-state index contributed by atoms with van der Waals surface area (Å²) < 4.78 is 0. The van der Waals surface area contributed by atoms with Crippen molar-refractivity contribution in [2.24, 2.45) is 4.99 Å². The van der Waals surface area contributed by atoms with Crippen LogP contribution in [0.25, 0.3) is 17.0 Å². The van der Waals surface area contributed by atoms with Gasteiger partial charge in [0.05, 0.1) is 20.5 Å². The summed E-state index contributed by atoms with van der Waals surface area (Å²) in [5.74, 6) is -0.202. The van der Waals surface area contributed by atoms with Crippen LogP contribution in [0.5, 0.6) is 0 Å². The van der Waals surface area contributed by atoms with Crippen LogP contribution in [-0.2, 0) is 11.2 Å². The maximum Gasteiger partial charge on any atom is 0.264 e. The average molecular weight is 428 g/mol. The first-order valence-corrected chi connectivity index (χ1v) is 10.2. The van der Waals surface area contributed by atoms with Gasteiger partial charge in [0.15, 0.2) is 5.17 Å². The number of para-hydroxylation sites is 1. The van der Waals surface area contributed by atoms with Gasteiger partial charge in [-0.1, -0.05) is 48.3 Å². The smallest absolute Gasteiger partial charge is 0.264 e. The van der Waals surface area contributed by atoms with Crippen LogP contribution >= 0.6 is 35.0 Å². The second-order valence-electron chi connectivity index (χ2n) is 6.16. The Labute approximate surface area is 176 Å². The van der Waals surface area contributed by atoms with Gasteiger partial charge in [0, 0.05) is 11.1 Å². The van der Waals surface area contributed by atoms with Crippen molar-refractivity contribution in [3.63, 3.8) is 0 Å². The molecular formula is C21H15Cl2N3OS. The monoisotopic (exact) mass is 427 g/mol. The molecule has 2 heterocycles. The Hall–Kier alpha value is -2.34. The van der Waals surface area contributed by atoms with Crippen LogP contribution in [0, 0.1) is 0 Å². The number of halogens is 2. The summed E-state index contributed by atoms with van der Waals surface area (Å²) in [6, 6.07) is 15.2. The third-order valence-electron chi connectivity index (χ3n) is 4.23. The fourth-order valence-corrected chi connectivity index (χ4v) is 4.11. The number of carbonyl (C=O) groups excluding carboxylic acids is 1. The standard InChI is InChI=1S/C21H15Cl2N3OS/c1-2-14-8-7-13-10-12(6-9-17(13)24-14)11-18-20(27)26-21(28-18)25-19-15(22)4-3-5-16(19)23/h3-11H,2H2,1H3,(H,25,26,27)/b18-11+. The summed E-state index contributed by atoms with van der Waals surface area (Å²) in [5, 5.41) is 5.10. The van der Waals surface area contributed by atoms with Crippen molar-refractivity contribution in [1.29, 1.82) is 0 Å². The zero-order chi connectivity index (χ0) is 19.7. The van der Waals surface area contributed by atoms with Crippen LogP contribution in [0.15, 0.2) is 58.4 Å². The molecule has 4 rings (SSSR count). The Morgan fingerprint density at radius 1 is 1.14 bits per heavy atom. The zero-order valence-corrected chi connectivity index (χ0v) is 17.2. The molecule has 0 bridgehead atoms. The number of fused-ring (bicyclic) bond motifs is 1. The van der Waals surface area contributed by atoms with Crippen LogP contribution in [0.4, 0.5) is 5.69 Å². The number of aromatic nitrogens is 1. The lowest BCUT2D eigenvalue weighted by molar-refractivity contribution is -0.115. The highest BCUT2D eigenvalue weighted by Gasteiger charge is 2.24. The number of amidine groups is 1. The first-order valence-electron chi connectivity index (χ1n) is 8.67. The molecule has 0 spiro atoms. The number of hydrogen-bond acceptors (Lipinski definition) is 4. The molecule has 140 valence electrons. The van der Waals surface area contributed by atoms with E-state index in [-0.39, 0.29) is 5.91 Å². The molecule has 7 heteroatoms. The Morgan fingerprint density at radius 2 is 1.93 bits per heavy atom. The number of aryl methyl sites for hydroxylation is 1. The third kappa shape index (κ3) is 3.92. The van der Waals surface area contributed by atoms with E-state index in [1.807, 2.05) is 30.3 Å². The molecule has 4 nitrogen and oxygen atoms in total. The van der Waals surface area contributed by atoms with E-state index >= 15 is 0 Å². The number of benzene rings is 2. The Balaban J connectivity index is 1.63. The van der Waals surface area contributed by atoms with Gasteiger partial charge in [0.1, 0.15) is 5.69 Å². The fourth-order valence-electron chi connectivity index (χ4n) is 2.80. The molecule has 1 N–H and O–H groups in total. The number of hydrogen-bond donors (Lipinski definition) is 1. The number of nitrogens with one attached hydrogen (secondary N) is 1. The minimum absolute atomic E-state index is 0.202. The van der Waals surface area contributed by atoms with Gasteiger partial charge >= 0.3 is 0 Å². The lowest BCUT2D eigenvalue weighted by Crippen LogP contribution is -2.19. The molecule has 0 saturated carbocycles. The largest absolute Gasteiger partial charge is 0.300 e. The summed E-state index contributed by atoms with van der Waals surface area (Å²) >= 11 is 13.6. The van der Waals surface area contributed by atoms with Crippen molar-refractivity contribution in [3.05, 3.63) is 74.7 Å². The molecular weight excluding hydrogens is 413 g/mol. The number of carbonyl (C=O) groups is 1. The van der Waals surface area contributed by atoms with Gasteiger partial charge in [0.2, 0.25) is 0 Å². The van der Waals surface area contributed by atoms with Gasteiger partial charge in [0.25, 0.3) is 5.91 Å². The molecule has 0 unspecified atom stereocenters. The number of rotatable bonds is 3. The summed E-state index contributed by atoms with van der Waals surface area (Å²) in [4.78, 5) is 21.9. The fraction of sp³-hybridized carbons (Fsp3) is 0.0952. The van der Waals surface area contributed by atoms with Gasteiger partial charge in [-0.2, -0.15) is 0 Å². The summed E-state index contributed by atoms with van der Waals surface area (Å²) in [5.41, 5.74) is 3.37. The molecule has 1 aliphatic rings. The van der Waals surface area contributed by atoms with Crippen molar-refractivity contribution in [2.45, 2.75) is 13.3 Å². The molecule has 0 atom stereocenters. The van der Waals surface area contributed by atoms with E-state index in [2.05, 4.69) is 28.3 Å². The first-order chi connectivity index (χ1) is 13.5. The molecule has 3 aromatic rings. The summed E-state index contributed by atoms with van der Waals surface area (Å²) in [6.07, 6.45) is 2.74. The van der Waals surface area contributed by atoms with E-state index in [1.54, 1.807) is 18.2 Å². The van der Waals surface area contributed by atoms with Crippen LogP contribution in [-0.4, -0.2) is 16.1 Å². The zero-order valence-electron chi connectivity index (χ0n) is 14.9. The van der Waals surface area contributed by atoms with E-state index < -0.39 is 0 Å². The molecule has 1 aromatic heterocycles. The van der Waals surface area contributed by atoms with Crippen LogP contribution in [0.3, 0.4) is 0 Å². The molecule has 1 fully saturated rings. The van der Waals surface area contributed by atoms with Crippen molar-refractivity contribution in [3.8, 4) is 0 Å². The molecule has 2 aromatic carbocycles. The number of aliphatic imine (C=N–C) groups is 1. The first kappa shape index (κ1) is 19.0. The van der Waals surface area contributed by atoms with Gasteiger partial charge in [-0.05, 0) is 60.2 Å². The van der Waals surface area contributed by atoms with Gasteiger partial charge in [-0.15, -0.1) is 0 Å². The molecule has 0 aliphatic carbocycles. The maximum atomic E-state index is 12.3. The van der Waals surface area contributed by atoms with Crippen molar-refractivity contribution >= 4 is 68.7 Å². The normalized spacial score (nSPS) is 16.9. The highest BCUT2D eigenvalue weighted by molar-refractivity contribution is 8.18. The van der Waals surface area contributed by atoms with Crippen molar-refractivity contribution in [1.82, 2.24) is 10.3 Å².